The van der Waals surface area contributed by atoms with Crippen LogP contribution in [-0.4, -0.2) is 45.8 Å². The van der Waals surface area contributed by atoms with Crippen LogP contribution in [0.3, 0.4) is 0 Å². The number of phenols is 1. The van der Waals surface area contributed by atoms with Crippen molar-refractivity contribution in [2.24, 2.45) is 0 Å². The summed E-state index contributed by atoms with van der Waals surface area (Å²) in [7, 11) is 0. The molecule has 2 aliphatic rings. The minimum absolute atomic E-state index is 0.0920. The van der Waals surface area contributed by atoms with Crippen LogP contribution in [0.25, 0.3) is 11.1 Å². The number of benzene rings is 2. The molecule has 0 radical (unpaired) electrons. The third-order valence-electron chi connectivity index (χ3n) is 5.89. The van der Waals surface area contributed by atoms with Gasteiger partial charge in [-0.15, -0.1) is 0 Å². The number of amides is 1. The Labute approximate surface area is 174 Å². The van der Waals surface area contributed by atoms with Gasteiger partial charge in [0.15, 0.2) is 0 Å². The molecule has 1 spiro atoms. The molecule has 0 atom stereocenters. The van der Waals surface area contributed by atoms with Gasteiger partial charge < -0.3 is 20.4 Å². The van der Waals surface area contributed by atoms with Crippen molar-refractivity contribution in [3.8, 4) is 16.9 Å². The number of hydrogen-bond donors (Lipinski definition) is 3. The average Bonchev–Trinajstić information content (AvgIpc) is 3.48. The number of hydrogen-bond acceptors (Lipinski definition) is 6. The Balaban J connectivity index is 1.47. The fraction of sp³-hybridized carbons (Fsp3) is 0.261. The molecule has 7 nitrogen and oxygen atoms in total. The van der Waals surface area contributed by atoms with Crippen LogP contribution in [-0.2, 0) is 5.41 Å². The number of fused-ring (bicyclic) bond motifs is 2. The Kier molecular flexibility index (Phi) is 4.40. The number of anilines is 2. The number of aromatic nitrogens is 2. The van der Waals surface area contributed by atoms with E-state index < -0.39 is 0 Å². The van der Waals surface area contributed by atoms with E-state index in [1.54, 1.807) is 30.6 Å². The third-order valence-corrected chi connectivity index (χ3v) is 5.89. The molecule has 1 saturated carbocycles. The molecule has 0 unspecified atom stereocenters. The van der Waals surface area contributed by atoms with Crippen molar-refractivity contribution in [1.82, 2.24) is 15.3 Å². The Morgan fingerprint density at radius 3 is 2.60 bits per heavy atom. The highest BCUT2D eigenvalue weighted by molar-refractivity contribution is 5.96. The molecule has 2 heterocycles. The molecular formula is C23H22N4O3. The normalized spacial score (nSPS) is 15.8. The van der Waals surface area contributed by atoms with E-state index in [1.165, 1.54) is 5.56 Å². The topological polar surface area (TPSA) is 98.6 Å². The molecule has 1 fully saturated rings. The SMILES string of the molecule is O=C(NCCO)c1ccc2c(c1)N(c1ncc(-c3cccc(O)c3)cn1)CC21CC1. The first kappa shape index (κ1) is 18.6. The van der Waals surface area contributed by atoms with E-state index in [2.05, 4.69) is 20.2 Å². The van der Waals surface area contributed by atoms with Gasteiger partial charge in [-0.3, -0.25) is 4.79 Å². The van der Waals surface area contributed by atoms with Gasteiger partial charge in [-0.2, -0.15) is 0 Å². The summed E-state index contributed by atoms with van der Waals surface area (Å²) in [5, 5.41) is 21.4. The van der Waals surface area contributed by atoms with Crippen molar-refractivity contribution < 1.29 is 15.0 Å². The monoisotopic (exact) mass is 402 g/mol. The molecule has 1 amide bonds. The summed E-state index contributed by atoms with van der Waals surface area (Å²) in [4.78, 5) is 23.6. The lowest BCUT2D eigenvalue weighted by molar-refractivity contribution is 0.0945. The van der Waals surface area contributed by atoms with Gasteiger partial charge in [0.05, 0.1) is 6.61 Å². The van der Waals surface area contributed by atoms with Gasteiger partial charge in [0.2, 0.25) is 5.95 Å². The Hall–Kier alpha value is -3.45. The summed E-state index contributed by atoms with van der Waals surface area (Å²) in [6.07, 6.45) is 5.75. The van der Waals surface area contributed by atoms with Gasteiger partial charge in [-0.05, 0) is 48.2 Å². The zero-order valence-corrected chi connectivity index (χ0v) is 16.4. The first-order chi connectivity index (χ1) is 14.6. The van der Waals surface area contributed by atoms with Crippen molar-refractivity contribution >= 4 is 17.5 Å². The summed E-state index contributed by atoms with van der Waals surface area (Å²) in [5.74, 6) is 0.591. The van der Waals surface area contributed by atoms with Gasteiger partial charge in [0, 0.05) is 47.7 Å². The van der Waals surface area contributed by atoms with Gasteiger partial charge in [0.25, 0.3) is 5.91 Å². The average molecular weight is 402 g/mol. The zero-order valence-electron chi connectivity index (χ0n) is 16.4. The smallest absolute Gasteiger partial charge is 0.251 e. The molecule has 152 valence electrons. The van der Waals surface area contributed by atoms with Crippen LogP contribution in [0.2, 0.25) is 0 Å². The second-order valence-electron chi connectivity index (χ2n) is 7.90. The van der Waals surface area contributed by atoms with Crippen LogP contribution in [0.1, 0.15) is 28.8 Å². The van der Waals surface area contributed by atoms with Crippen molar-refractivity contribution in [3.05, 3.63) is 66.0 Å². The molecular weight excluding hydrogens is 380 g/mol. The van der Waals surface area contributed by atoms with Gasteiger partial charge in [-0.25, -0.2) is 9.97 Å². The van der Waals surface area contributed by atoms with Crippen LogP contribution in [0.15, 0.2) is 54.9 Å². The highest BCUT2D eigenvalue weighted by atomic mass is 16.3. The maximum atomic E-state index is 12.4. The van der Waals surface area contributed by atoms with Gasteiger partial charge in [0.1, 0.15) is 5.75 Å². The number of rotatable bonds is 5. The molecule has 5 rings (SSSR count). The summed E-state index contributed by atoms with van der Waals surface area (Å²) in [6.45, 7) is 0.935. The number of phenolic OH excluding ortho intramolecular Hbond substituents is 1. The minimum atomic E-state index is -0.205. The van der Waals surface area contributed by atoms with E-state index in [0.29, 0.717) is 11.5 Å². The van der Waals surface area contributed by atoms with E-state index in [9.17, 15) is 9.90 Å². The van der Waals surface area contributed by atoms with Gasteiger partial charge >= 0.3 is 0 Å². The second-order valence-corrected chi connectivity index (χ2v) is 7.90. The Bertz CT molecular complexity index is 1110. The third kappa shape index (κ3) is 3.17. The lowest BCUT2D eigenvalue weighted by Gasteiger charge is -2.18. The van der Waals surface area contributed by atoms with Crippen LogP contribution < -0.4 is 10.2 Å². The van der Waals surface area contributed by atoms with Crippen LogP contribution in [0, 0.1) is 0 Å². The highest BCUT2D eigenvalue weighted by Gasteiger charge is 2.52. The molecule has 0 bridgehead atoms. The number of aliphatic hydroxyl groups excluding tert-OH is 1. The van der Waals surface area contributed by atoms with E-state index in [1.807, 2.05) is 24.3 Å². The van der Waals surface area contributed by atoms with E-state index in [0.717, 1.165) is 36.2 Å². The minimum Gasteiger partial charge on any atom is -0.508 e. The Morgan fingerprint density at radius 2 is 1.90 bits per heavy atom. The molecule has 2 aromatic carbocycles. The number of aliphatic hydroxyl groups is 1. The number of nitrogens with one attached hydrogen (secondary N) is 1. The second kappa shape index (κ2) is 7.11. The first-order valence-corrected chi connectivity index (χ1v) is 10.0. The van der Waals surface area contributed by atoms with Crippen LogP contribution in [0.5, 0.6) is 5.75 Å². The molecule has 1 aromatic heterocycles. The number of nitrogens with zero attached hydrogens (tertiary/aromatic N) is 3. The largest absolute Gasteiger partial charge is 0.508 e. The molecule has 30 heavy (non-hydrogen) atoms. The Morgan fingerprint density at radius 1 is 1.10 bits per heavy atom. The maximum Gasteiger partial charge on any atom is 0.251 e. The van der Waals surface area contributed by atoms with Crippen molar-refractivity contribution in [3.63, 3.8) is 0 Å². The lowest BCUT2D eigenvalue weighted by Crippen LogP contribution is -2.26. The fourth-order valence-corrected chi connectivity index (χ4v) is 4.14. The summed E-state index contributed by atoms with van der Waals surface area (Å²) in [5.41, 5.74) is 4.57. The molecule has 7 heteroatoms. The standard InChI is InChI=1S/C23H22N4O3/c28-9-8-24-21(30)16-4-5-19-20(11-16)27(14-23(19)6-7-23)22-25-12-17(13-26-22)15-2-1-3-18(29)10-15/h1-5,10-13,28-29H,6-9,14H2,(H,24,30). The molecule has 3 N–H and O–H groups in total. The number of carbonyl (C=O) groups is 1. The van der Waals surface area contributed by atoms with Crippen molar-refractivity contribution in [2.45, 2.75) is 18.3 Å². The summed E-state index contributed by atoms with van der Waals surface area (Å²) >= 11 is 0. The molecule has 3 aromatic rings. The number of carbonyl (C=O) groups excluding carboxylic acids is 1. The quantitative estimate of drug-likeness (QED) is 0.607. The van der Waals surface area contributed by atoms with E-state index in [4.69, 9.17) is 5.11 Å². The van der Waals surface area contributed by atoms with Crippen molar-refractivity contribution in [2.75, 3.05) is 24.6 Å². The predicted octanol–water partition coefficient (Wildman–Crippen LogP) is 2.75. The first-order valence-electron chi connectivity index (χ1n) is 10.0. The summed E-state index contributed by atoms with van der Waals surface area (Å²) in [6, 6.07) is 12.8. The molecule has 1 aliphatic heterocycles. The zero-order chi connectivity index (χ0) is 20.7. The number of aromatic hydroxyl groups is 1. The summed E-state index contributed by atoms with van der Waals surface area (Å²) < 4.78 is 0. The maximum absolute atomic E-state index is 12.4. The fourth-order valence-electron chi connectivity index (χ4n) is 4.14. The van der Waals surface area contributed by atoms with Crippen LogP contribution >= 0.6 is 0 Å². The van der Waals surface area contributed by atoms with E-state index >= 15 is 0 Å². The van der Waals surface area contributed by atoms with Gasteiger partial charge in [-0.1, -0.05) is 18.2 Å². The predicted molar refractivity (Wildman–Crippen MR) is 113 cm³/mol. The van der Waals surface area contributed by atoms with E-state index in [-0.39, 0.29) is 30.2 Å². The highest BCUT2D eigenvalue weighted by Crippen LogP contribution is 2.57. The van der Waals surface area contributed by atoms with Crippen LogP contribution in [0.4, 0.5) is 11.6 Å². The molecule has 0 saturated heterocycles. The lowest BCUT2D eigenvalue weighted by atomic mass is 9.97. The van der Waals surface area contributed by atoms with Crippen molar-refractivity contribution in [1.29, 1.82) is 0 Å². The molecule has 1 aliphatic carbocycles.